The summed E-state index contributed by atoms with van der Waals surface area (Å²) in [4.78, 5) is 13.1. The van der Waals surface area contributed by atoms with Crippen molar-refractivity contribution in [1.29, 1.82) is 0 Å². The fourth-order valence-electron chi connectivity index (χ4n) is 1.99. The number of hydrogen-bond donors (Lipinski definition) is 1. The zero-order valence-electron chi connectivity index (χ0n) is 9.58. The van der Waals surface area contributed by atoms with Crippen LogP contribution in [0.25, 0.3) is 0 Å². The number of benzene rings is 1. The molecule has 1 amide bonds. The molecular formula is C13H15FN2O. The Kier molecular flexibility index (Phi) is 3.42. The molecule has 0 bridgehead atoms. The van der Waals surface area contributed by atoms with E-state index in [1.165, 1.54) is 6.07 Å². The van der Waals surface area contributed by atoms with E-state index in [1.54, 1.807) is 12.1 Å². The molecule has 1 aromatic carbocycles. The molecule has 17 heavy (non-hydrogen) atoms. The van der Waals surface area contributed by atoms with Crippen molar-refractivity contribution < 1.29 is 9.18 Å². The van der Waals surface area contributed by atoms with Crippen LogP contribution < -0.4 is 10.2 Å². The summed E-state index contributed by atoms with van der Waals surface area (Å²) < 4.78 is 13.8. The number of amides is 1. The van der Waals surface area contributed by atoms with Gasteiger partial charge in [0.2, 0.25) is 5.91 Å². The smallest absolute Gasteiger partial charge is 0.247 e. The lowest BCUT2D eigenvalue weighted by molar-refractivity contribution is -0.111. The Hall–Kier alpha value is -1.84. The van der Waals surface area contributed by atoms with Gasteiger partial charge in [0.05, 0.1) is 5.69 Å². The molecule has 0 atom stereocenters. The highest BCUT2D eigenvalue weighted by atomic mass is 19.1. The second-order valence-electron chi connectivity index (χ2n) is 4.05. The van der Waals surface area contributed by atoms with Gasteiger partial charge in [0, 0.05) is 18.8 Å². The van der Waals surface area contributed by atoms with Gasteiger partial charge in [0.15, 0.2) is 0 Å². The van der Waals surface area contributed by atoms with Gasteiger partial charge in [-0.3, -0.25) is 4.79 Å². The Morgan fingerprint density at radius 2 is 2.12 bits per heavy atom. The molecule has 0 saturated carbocycles. The van der Waals surface area contributed by atoms with Crippen LogP contribution in [0.2, 0.25) is 0 Å². The predicted octanol–water partition coefficient (Wildman–Crippen LogP) is 2.55. The highest BCUT2D eigenvalue weighted by Gasteiger charge is 2.16. The number of nitrogens with one attached hydrogen (secondary N) is 1. The molecule has 3 nitrogen and oxygen atoms in total. The summed E-state index contributed by atoms with van der Waals surface area (Å²) in [6, 6.07) is 4.76. The number of halogens is 1. The minimum absolute atomic E-state index is 0.297. The topological polar surface area (TPSA) is 32.3 Å². The van der Waals surface area contributed by atoms with Crippen LogP contribution in [0.3, 0.4) is 0 Å². The number of anilines is 2. The second kappa shape index (κ2) is 4.99. The lowest BCUT2D eigenvalue weighted by Gasteiger charge is -2.18. The lowest BCUT2D eigenvalue weighted by Crippen LogP contribution is -2.19. The van der Waals surface area contributed by atoms with Crippen LogP contribution in [0, 0.1) is 5.82 Å². The van der Waals surface area contributed by atoms with E-state index in [2.05, 4.69) is 11.9 Å². The van der Waals surface area contributed by atoms with Crippen molar-refractivity contribution in [2.24, 2.45) is 0 Å². The number of nitrogens with zero attached hydrogens (tertiary/aromatic N) is 1. The summed E-state index contributed by atoms with van der Waals surface area (Å²) in [5, 5.41) is 2.53. The van der Waals surface area contributed by atoms with Crippen molar-refractivity contribution in [3.63, 3.8) is 0 Å². The molecule has 0 radical (unpaired) electrons. The first kappa shape index (κ1) is 11.6. The van der Waals surface area contributed by atoms with E-state index in [0.29, 0.717) is 11.4 Å². The Morgan fingerprint density at radius 1 is 1.41 bits per heavy atom. The average molecular weight is 234 g/mol. The van der Waals surface area contributed by atoms with E-state index in [1.807, 2.05) is 4.90 Å². The van der Waals surface area contributed by atoms with Crippen LogP contribution >= 0.6 is 0 Å². The summed E-state index contributed by atoms with van der Waals surface area (Å²) in [7, 11) is 0. The fraction of sp³-hybridized carbons (Fsp3) is 0.308. The number of hydrogen-bond acceptors (Lipinski definition) is 2. The summed E-state index contributed by atoms with van der Waals surface area (Å²) in [5.74, 6) is -0.632. The molecule has 0 aliphatic carbocycles. The third kappa shape index (κ3) is 2.64. The molecule has 0 spiro atoms. The van der Waals surface area contributed by atoms with Crippen molar-refractivity contribution in [2.75, 3.05) is 23.3 Å². The highest BCUT2D eigenvalue weighted by molar-refractivity contribution is 5.98. The molecule has 0 aromatic heterocycles. The number of rotatable bonds is 3. The molecule has 1 fully saturated rings. The second-order valence-corrected chi connectivity index (χ2v) is 4.05. The molecule has 1 N–H and O–H groups in total. The van der Waals surface area contributed by atoms with Gasteiger partial charge in [0.1, 0.15) is 5.82 Å². The summed E-state index contributed by atoms with van der Waals surface area (Å²) in [5.41, 5.74) is 1.06. The molecule has 4 heteroatoms. The van der Waals surface area contributed by atoms with Gasteiger partial charge in [-0.25, -0.2) is 4.39 Å². The molecule has 1 saturated heterocycles. The van der Waals surface area contributed by atoms with Gasteiger partial charge >= 0.3 is 0 Å². The molecule has 1 aliphatic heterocycles. The predicted molar refractivity (Wildman–Crippen MR) is 66.7 cm³/mol. The van der Waals surface area contributed by atoms with Crippen molar-refractivity contribution in [1.82, 2.24) is 0 Å². The maximum absolute atomic E-state index is 13.8. The van der Waals surface area contributed by atoms with E-state index in [-0.39, 0.29) is 11.7 Å². The van der Waals surface area contributed by atoms with Crippen molar-refractivity contribution in [2.45, 2.75) is 12.8 Å². The van der Waals surface area contributed by atoms with E-state index < -0.39 is 0 Å². The van der Waals surface area contributed by atoms with Gasteiger partial charge in [-0.2, -0.15) is 0 Å². The van der Waals surface area contributed by atoms with Gasteiger partial charge in [-0.05, 0) is 37.1 Å². The van der Waals surface area contributed by atoms with Crippen LogP contribution in [-0.2, 0) is 4.79 Å². The number of carbonyl (C=O) groups is 1. The van der Waals surface area contributed by atoms with E-state index in [4.69, 9.17) is 0 Å². The monoisotopic (exact) mass is 234 g/mol. The molecule has 90 valence electrons. The molecule has 0 unspecified atom stereocenters. The minimum Gasteiger partial charge on any atom is -0.369 e. The average Bonchev–Trinajstić information content (AvgIpc) is 2.82. The van der Waals surface area contributed by atoms with Crippen LogP contribution in [0.15, 0.2) is 30.9 Å². The summed E-state index contributed by atoms with van der Waals surface area (Å²) >= 11 is 0. The Bertz CT molecular complexity index is 439. The first-order valence-electron chi connectivity index (χ1n) is 5.68. The molecule has 1 aliphatic rings. The summed E-state index contributed by atoms with van der Waals surface area (Å²) in [6.45, 7) is 5.14. The Balaban J connectivity index is 2.16. The third-order valence-corrected chi connectivity index (χ3v) is 2.85. The maximum atomic E-state index is 13.8. The van der Waals surface area contributed by atoms with Gasteiger partial charge < -0.3 is 10.2 Å². The fourth-order valence-corrected chi connectivity index (χ4v) is 1.99. The third-order valence-electron chi connectivity index (χ3n) is 2.85. The zero-order chi connectivity index (χ0) is 12.3. The van der Waals surface area contributed by atoms with Crippen molar-refractivity contribution in [3.8, 4) is 0 Å². The Labute approximate surface area is 99.9 Å². The summed E-state index contributed by atoms with van der Waals surface area (Å²) in [6.07, 6.45) is 3.37. The lowest BCUT2D eigenvalue weighted by atomic mass is 10.2. The van der Waals surface area contributed by atoms with Crippen molar-refractivity contribution >= 4 is 17.3 Å². The van der Waals surface area contributed by atoms with Crippen LogP contribution in [0.4, 0.5) is 15.8 Å². The first-order chi connectivity index (χ1) is 8.20. The van der Waals surface area contributed by atoms with E-state index in [9.17, 15) is 9.18 Å². The molecular weight excluding hydrogens is 219 g/mol. The van der Waals surface area contributed by atoms with E-state index in [0.717, 1.165) is 32.0 Å². The van der Waals surface area contributed by atoms with E-state index >= 15 is 0 Å². The quantitative estimate of drug-likeness (QED) is 0.815. The van der Waals surface area contributed by atoms with Crippen LogP contribution in [0.1, 0.15) is 12.8 Å². The maximum Gasteiger partial charge on any atom is 0.247 e. The largest absolute Gasteiger partial charge is 0.369 e. The molecule has 1 heterocycles. The zero-order valence-corrected chi connectivity index (χ0v) is 9.58. The Morgan fingerprint density at radius 3 is 2.71 bits per heavy atom. The van der Waals surface area contributed by atoms with Crippen molar-refractivity contribution in [3.05, 3.63) is 36.7 Å². The minimum atomic E-state index is -0.335. The highest BCUT2D eigenvalue weighted by Crippen LogP contribution is 2.25. The van der Waals surface area contributed by atoms with Gasteiger partial charge in [-0.1, -0.05) is 6.58 Å². The van der Waals surface area contributed by atoms with Gasteiger partial charge in [-0.15, -0.1) is 0 Å². The van der Waals surface area contributed by atoms with Crippen LogP contribution in [0.5, 0.6) is 0 Å². The SMILES string of the molecule is C=CC(=O)Nc1ccc(N2CCCC2)c(F)c1. The standard InChI is InChI=1S/C13H15FN2O/c1-2-13(17)15-10-5-6-12(11(14)9-10)16-7-3-4-8-16/h2,5-6,9H,1,3-4,7-8H2,(H,15,17). The first-order valence-corrected chi connectivity index (χ1v) is 5.68. The molecule has 2 rings (SSSR count). The molecule has 1 aromatic rings. The van der Waals surface area contributed by atoms with Crippen LogP contribution in [-0.4, -0.2) is 19.0 Å². The van der Waals surface area contributed by atoms with Gasteiger partial charge in [0.25, 0.3) is 0 Å². The normalized spacial score (nSPS) is 14.8. The number of carbonyl (C=O) groups excluding carboxylic acids is 1.